The van der Waals surface area contributed by atoms with Crippen molar-refractivity contribution < 1.29 is 32.4 Å². The van der Waals surface area contributed by atoms with Gasteiger partial charge in [-0.2, -0.15) is 13.2 Å². The van der Waals surface area contributed by atoms with Crippen molar-refractivity contribution in [3.8, 4) is 11.5 Å². The summed E-state index contributed by atoms with van der Waals surface area (Å²) in [6.45, 7) is 4.85. The van der Waals surface area contributed by atoms with E-state index in [1.807, 2.05) is 13.8 Å². The number of benzene rings is 2. The zero-order valence-corrected chi connectivity index (χ0v) is 19.5. The zero-order valence-electron chi connectivity index (χ0n) is 19.5. The number of piperazine rings is 1. The highest BCUT2D eigenvalue weighted by molar-refractivity contribution is 5.92. The van der Waals surface area contributed by atoms with Crippen LogP contribution in [0.2, 0.25) is 0 Å². The van der Waals surface area contributed by atoms with E-state index in [1.165, 1.54) is 13.2 Å². The molecule has 0 aliphatic carbocycles. The molecule has 2 aromatic rings. The standard InChI is InChI=1S/C24H26F3N3O5/c1-16(2)35-21-8-4-17(14-22(21)34-3)5-9-23(31)29-12-10-28(11-13-29)19-7-6-18(24(25,26)27)15-20(19)30(32)33/h4-9,14-16H,10-13H2,1-3H3. The summed E-state index contributed by atoms with van der Waals surface area (Å²) >= 11 is 0. The van der Waals surface area contributed by atoms with E-state index in [4.69, 9.17) is 9.47 Å². The van der Waals surface area contributed by atoms with Crippen LogP contribution in [0.25, 0.3) is 6.08 Å². The predicted molar refractivity (Wildman–Crippen MR) is 125 cm³/mol. The van der Waals surface area contributed by atoms with Gasteiger partial charge in [0.25, 0.3) is 5.69 Å². The second-order valence-electron chi connectivity index (χ2n) is 8.18. The van der Waals surface area contributed by atoms with Crippen LogP contribution in [0.5, 0.6) is 11.5 Å². The minimum atomic E-state index is -4.67. The Morgan fingerprint density at radius 1 is 1.09 bits per heavy atom. The molecule has 0 unspecified atom stereocenters. The molecule has 2 aromatic carbocycles. The normalized spacial score (nSPS) is 14.5. The quantitative estimate of drug-likeness (QED) is 0.314. The molecule has 1 aliphatic rings. The second kappa shape index (κ2) is 10.7. The molecule has 35 heavy (non-hydrogen) atoms. The van der Waals surface area contributed by atoms with Crippen LogP contribution in [0.15, 0.2) is 42.5 Å². The molecular formula is C24H26F3N3O5. The van der Waals surface area contributed by atoms with Crippen LogP contribution in [0.1, 0.15) is 25.0 Å². The first-order valence-corrected chi connectivity index (χ1v) is 10.9. The van der Waals surface area contributed by atoms with Crippen molar-refractivity contribution in [3.05, 3.63) is 63.7 Å². The number of halogens is 3. The first-order chi connectivity index (χ1) is 16.5. The number of alkyl halides is 3. The Bertz CT molecular complexity index is 1110. The Kier molecular flexibility index (Phi) is 7.88. The molecule has 0 N–H and O–H groups in total. The Balaban J connectivity index is 1.66. The lowest BCUT2D eigenvalue weighted by Crippen LogP contribution is -2.48. The van der Waals surface area contributed by atoms with Gasteiger partial charge in [-0.15, -0.1) is 0 Å². The molecule has 0 radical (unpaired) electrons. The van der Waals surface area contributed by atoms with Crippen LogP contribution in [-0.4, -0.2) is 55.1 Å². The average Bonchev–Trinajstić information content (AvgIpc) is 2.82. The molecule has 0 saturated carbocycles. The van der Waals surface area contributed by atoms with E-state index in [2.05, 4.69) is 0 Å². The van der Waals surface area contributed by atoms with Gasteiger partial charge in [0.2, 0.25) is 5.91 Å². The molecule has 1 saturated heterocycles. The van der Waals surface area contributed by atoms with Crippen molar-refractivity contribution in [2.45, 2.75) is 26.1 Å². The van der Waals surface area contributed by atoms with Crippen molar-refractivity contribution in [3.63, 3.8) is 0 Å². The Morgan fingerprint density at radius 2 is 1.77 bits per heavy atom. The number of anilines is 1. The van der Waals surface area contributed by atoms with Crippen LogP contribution < -0.4 is 14.4 Å². The first-order valence-electron chi connectivity index (χ1n) is 10.9. The SMILES string of the molecule is COc1cc(C=CC(=O)N2CCN(c3ccc(C(F)(F)F)cc3[N+](=O)[O-])CC2)ccc1OC(C)C. The van der Waals surface area contributed by atoms with Crippen molar-refractivity contribution in [2.75, 3.05) is 38.2 Å². The van der Waals surface area contributed by atoms with Crippen molar-refractivity contribution in [2.24, 2.45) is 0 Å². The Morgan fingerprint density at radius 3 is 2.34 bits per heavy atom. The lowest BCUT2D eigenvalue weighted by atomic mass is 10.1. The van der Waals surface area contributed by atoms with E-state index in [0.717, 1.165) is 17.7 Å². The molecule has 0 bridgehead atoms. The summed E-state index contributed by atoms with van der Waals surface area (Å²) in [7, 11) is 1.53. The molecule has 0 aromatic heterocycles. The fourth-order valence-electron chi connectivity index (χ4n) is 3.69. The molecule has 188 valence electrons. The van der Waals surface area contributed by atoms with Crippen LogP contribution in [0.3, 0.4) is 0 Å². The number of carbonyl (C=O) groups is 1. The number of nitro benzene ring substituents is 1. The van der Waals surface area contributed by atoms with E-state index >= 15 is 0 Å². The molecule has 1 fully saturated rings. The molecule has 3 rings (SSSR count). The molecule has 0 atom stereocenters. The third kappa shape index (κ3) is 6.43. The van der Waals surface area contributed by atoms with Gasteiger partial charge in [-0.1, -0.05) is 6.07 Å². The summed E-state index contributed by atoms with van der Waals surface area (Å²) in [6.07, 6.45) is -1.62. The third-order valence-corrected chi connectivity index (χ3v) is 5.40. The number of carbonyl (C=O) groups excluding carboxylic acids is 1. The van der Waals surface area contributed by atoms with E-state index in [-0.39, 0.29) is 43.9 Å². The Labute approximate surface area is 200 Å². The maximum atomic E-state index is 13.0. The van der Waals surface area contributed by atoms with Crippen LogP contribution >= 0.6 is 0 Å². The highest BCUT2D eigenvalue weighted by Crippen LogP contribution is 2.37. The van der Waals surface area contributed by atoms with Crippen molar-refractivity contribution in [1.29, 1.82) is 0 Å². The molecule has 1 aliphatic heterocycles. The summed E-state index contributed by atoms with van der Waals surface area (Å²) in [4.78, 5) is 26.4. The van der Waals surface area contributed by atoms with E-state index in [0.29, 0.717) is 17.6 Å². The molecule has 1 heterocycles. The van der Waals surface area contributed by atoms with Gasteiger partial charge in [0.05, 0.1) is 23.7 Å². The average molecular weight is 493 g/mol. The van der Waals surface area contributed by atoms with Crippen LogP contribution in [0, 0.1) is 10.1 Å². The molecule has 8 nitrogen and oxygen atoms in total. The maximum Gasteiger partial charge on any atom is 0.416 e. The highest BCUT2D eigenvalue weighted by Gasteiger charge is 2.34. The van der Waals surface area contributed by atoms with Gasteiger partial charge in [-0.3, -0.25) is 14.9 Å². The van der Waals surface area contributed by atoms with Gasteiger partial charge in [0, 0.05) is 38.3 Å². The summed E-state index contributed by atoms with van der Waals surface area (Å²) in [5.41, 5.74) is -0.850. The van der Waals surface area contributed by atoms with E-state index in [1.54, 1.807) is 34.1 Å². The van der Waals surface area contributed by atoms with Gasteiger partial charge in [-0.25, -0.2) is 0 Å². The maximum absolute atomic E-state index is 13.0. The van der Waals surface area contributed by atoms with E-state index < -0.39 is 22.4 Å². The largest absolute Gasteiger partial charge is 0.493 e. The Hall–Kier alpha value is -3.76. The monoisotopic (exact) mass is 493 g/mol. The number of hydrogen-bond acceptors (Lipinski definition) is 6. The van der Waals surface area contributed by atoms with Crippen molar-refractivity contribution >= 4 is 23.4 Å². The van der Waals surface area contributed by atoms with Gasteiger partial charge in [0.1, 0.15) is 5.69 Å². The fourth-order valence-corrected chi connectivity index (χ4v) is 3.69. The second-order valence-corrected chi connectivity index (χ2v) is 8.18. The molecular weight excluding hydrogens is 467 g/mol. The zero-order chi connectivity index (χ0) is 25.8. The number of nitro groups is 1. The third-order valence-electron chi connectivity index (χ3n) is 5.40. The number of amides is 1. The predicted octanol–water partition coefficient (Wildman–Crippen LogP) is 4.77. The summed E-state index contributed by atoms with van der Waals surface area (Å²) in [6, 6.07) is 7.79. The minimum absolute atomic E-state index is 0.0189. The molecule has 0 spiro atoms. The van der Waals surface area contributed by atoms with Gasteiger partial charge < -0.3 is 19.3 Å². The molecule has 1 amide bonds. The van der Waals surface area contributed by atoms with Crippen LogP contribution in [0.4, 0.5) is 24.5 Å². The number of hydrogen-bond donors (Lipinski definition) is 0. The number of rotatable bonds is 7. The van der Waals surface area contributed by atoms with Gasteiger partial charge in [0.15, 0.2) is 11.5 Å². The minimum Gasteiger partial charge on any atom is -0.493 e. The van der Waals surface area contributed by atoms with E-state index in [9.17, 15) is 28.1 Å². The smallest absolute Gasteiger partial charge is 0.416 e. The number of ether oxygens (including phenoxy) is 2. The van der Waals surface area contributed by atoms with Gasteiger partial charge >= 0.3 is 6.18 Å². The lowest BCUT2D eigenvalue weighted by Gasteiger charge is -2.35. The van der Waals surface area contributed by atoms with Crippen LogP contribution in [-0.2, 0) is 11.0 Å². The fraction of sp³-hybridized carbons (Fsp3) is 0.375. The topological polar surface area (TPSA) is 85.2 Å². The summed E-state index contributed by atoms with van der Waals surface area (Å²) < 4.78 is 49.9. The lowest BCUT2D eigenvalue weighted by molar-refractivity contribution is -0.384. The number of methoxy groups -OCH3 is 1. The highest BCUT2D eigenvalue weighted by atomic mass is 19.4. The number of nitrogens with zero attached hydrogens (tertiary/aromatic N) is 3. The van der Waals surface area contributed by atoms with Crippen molar-refractivity contribution in [1.82, 2.24) is 4.90 Å². The summed E-state index contributed by atoms with van der Waals surface area (Å²) in [5.74, 6) is 0.896. The first kappa shape index (κ1) is 25.9. The van der Waals surface area contributed by atoms with Gasteiger partial charge in [-0.05, 0) is 49.8 Å². The summed E-state index contributed by atoms with van der Waals surface area (Å²) in [5, 5.41) is 11.4. The molecule has 11 heteroatoms.